The Kier molecular flexibility index (Phi) is 3.26. The molecule has 82 valence electrons. The van der Waals surface area contributed by atoms with E-state index < -0.39 is 0 Å². The molecule has 2 nitrogen and oxygen atoms in total. The zero-order chi connectivity index (χ0) is 11.4. The van der Waals surface area contributed by atoms with E-state index in [0.29, 0.717) is 6.42 Å². The van der Waals surface area contributed by atoms with E-state index in [0.717, 1.165) is 23.0 Å². The van der Waals surface area contributed by atoms with E-state index in [4.69, 9.17) is 9.68 Å². The third-order valence-corrected chi connectivity index (χ3v) is 2.81. The summed E-state index contributed by atoms with van der Waals surface area (Å²) in [6, 6.07) is 8.43. The van der Waals surface area contributed by atoms with E-state index in [1.165, 1.54) is 18.4 Å². The summed E-state index contributed by atoms with van der Waals surface area (Å²) in [7, 11) is 0. The van der Waals surface area contributed by atoms with Crippen molar-refractivity contribution in [3.8, 4) is 6.07 Å². The van der Waals surface area contributed by atoms with Crippen LogP contribution in [0, 0.1) is 11.3 Å². The Bertz CT molecular complexity index is 519. The lowest BCUT2D eigenvalue weighted by Gasteiger charge is -2.00. The van der Waals surface area contributed by atoms with Gasteiger partial charge in [0.2, 0.25) is 0 Å². The Labute approximate surface area is 95.5 Å². The van der Waals surface area contributed by atoms with Crippen LogP contribution in [0.1, 0.15) is 30.9 Å². The number of fused-ring (bicyclic) bond motifs is 1. The van der Waals surface area contributed by atoms with Gasteiger partial charge in [0.15, 0.2) is 0 Å². The molecule has 0 radical (unpaired) electrons. The Morgan fingerprint density at radius 3 is 3.00 bits per heavy atom. The summed E-state index contributed by atoms with van der Waals surface area (Å²) in [5.74, 6) is 0. The molecule has 0 spiro atoms. The zero-order valence-corrected chi connectivity index (χ0v) is 9.49. The highest BCUT2D eigenvalue weighted by Crippen LogP contribution is 2.23. The lowest BCUT2D eigenvalue weighted by atomic mass is 10.0. The second-order valence-corrected chi connectivity index (χ2v) is 4.03. The maximum absolute atomic E-state index is 8.72. The van der Waals surface area contributed by atoms with E-state index in [2.05, 4.69) is 25.1 Å². The average Bonchev–Trinajstić information content (AvgIpc) is 2.70. The van der Waals surface area contributed by atoms with Gasteiger partial charge in [-0.3, -0.25) is 0 Å². The normalized spacial score (nSPS) is 10.5. The smallest absolute Gasteiger partial charge is 0.134 e. The Hall–Kier alpha value is -1.75. The van der Waals surface area contributed by atoms with Crippen molar-refractivity contribution in [1.29, 1.82) is 5.26 Å². The molecule has 2 aromatic rings. The average molecular weight is 213 g/mol. The number of nitrogens with zero attached hydrogens (tertiary/aromatic N) is 1. The van der Waals surface area contributed by atoms with Gasteiger partial charge < -0.3 is 4.42 Å². The molecule has 0 atom stereocenters. The highest BCUT2D eigenvalue weighted by molar-refractivity contribution is 5.82. The second kappa shape index (κ2) is 4.85. The Morgan fingerprint density at radius 2 is 2.25 bits per heavy atom. The molecule has 1 aromatic carbocycles. The summed E-state index contributed by atoms with van der Waals surface area (Å²) in [4.78, 5) is 0. The first-order valence-corrected chi connectivity index (χ1v) is 5.71. The van der Waals surface area contributed by atoms with Crippen molar-refractivity contribution < 1.29 is 4.42 Å². The molecular weight excluding hydrogens is 198 g/mol. The predicted octanol–water partition coefficient (Wildman–Crippen LogP) is 3.84. The highest BCUT2D eigenvalue weighted by Gasteiger charge is 2.06. The van der Waals surface area contributed by atoms with Crippen LogP contribution in [0.15, 0.2) is 28.9 Å². The topological polar surface area (TPSA) is 36.9 Å². The maximum Gasteiger partial charge on any atom is 0.134 e. The van der Waals surface area contributed by atoms with Crippen molar-refractivity contribution in [2.75, 3.05) is 0 Å². The zero-order valence-electron chi connectivity index (χ0n) is 9.49. The molecule has 0 amide bonds. The van der Waals surface area contributed by atoms with Crippen molar-refractivity contribution in [2.45, 2.75) is 32.6 Å². The van der Waals surface area contributed by atoms with Gasteiger partial charge in [-0.2, -0.15) is 5.26 Å². The van der Waals surface area contributed by atoms with Gasteiger partial charge >= 0.3 is 0 Å². The summed E-state index contributed by atoms with van der Waals surface area (Å²) in [5, 5.41) is 9.81. The van der Waals surface area contributed by atoms with E-state index in [1.54, 1.807) is 6.26 Å². The van der Waals surface area contributed by atoms with Crippen LogP contribution in [-0.2, 0) is 12.8 Å². The van der Waals surface area contributed by atoms with E-state index in [1.807, 2.05) is 6.07 Å². The first kappa shape index (κ1) is 10.8. The Balaban J connectivity index is 2.35. The summed E-state index contributed by atoms with van der Waals surface area (Å²) < 4.78 is 5.41. The van der Waals surface area contributed by atoms with Gasteiger partial charge in [0.1, 0.15) is 5.58 Å². The molecule has 0 aliphatic heterocycles. The third kappa shape index (κ3) is 2.09. The van der Waals surface area contributed by atoms with E-state index >= 15 is 0 Å². The van der Waals surface area contributed by atoms with Crippen LogP contribution in [0.4, 0.5) is 0 Å². The largest absolute Gasteiger partial charge is 0.464 e. The number of furan rings is 1. The van der Waals surface area contributed by atoms with Crippen molar-refractivity contribution >= 4 is 11.0 Å². The van der Waals surface area contributed by atoms with Crippen molar-refractivity contribution in [3.63, 3.8) is 0 Å². The molecule has 0 saturated heterocycles. The molecule has 2 heteroatoms. The van der Waals surface area contributed by atoms with Crippen LogP contribution in [0.3, 0.4) is 0 Å². The number of nitriles is 1. The molecule has 0 N–H and O–H groups in total. The predicted molar refractivity (Wildman–Crippen MR) is 64.1 cm³/mol. The summed E-state index contributed by atoms with van der Waals surface area (Å²) in [6.45, 7) is 2.19. The minimum atomic E-state index is 0.421. The molecule has 0 unspecified atom stereocenters. The molecule has 2 rings (SSSR count). The summed E-state index contributed by atoms with van der Waals surface area (Å²) in [5.41, 5.74) is 3.20. The van der Waals surface area contributed by atoms with E-state index in [-0.39, 0.29) is 0 Å². The van der Waals surface area contributed by atoms with E-state index in [9.17, 15) is 0 Å². The summed E-state index contributed by atoms with van der Waals surface area (Å²) in [6.07, 6.45) is 5.62. The number of unbranched alkanes of at least 4 members (excludes halogenated alkanes) is 1. The highest BCUT2D eigenvalue weighted by atomic mass is 16.3. The molecular formula is C14H15NO. The fourth-order valence-corrected chi connectivity index (χ4v) is 1.89. The molecule has 16 heavy (non-hydrogen) atoms. The summed E-state index contributed by atoms with van der Waals surface area (Å²) >= 11 is 0. The minimum absolute atomic E-state index is 0.421. The van der Waals surface area contributed by atoms with Crippen LogP contribution < -0.4 is 0 Å². The van der Waals surface area contributed by atoms with Crippen LogP contribution in [0.2, 0.25) is 0 Å². The number of hydrogen-bond donors (Lipinski definition) is 0. The van der Waals surface area contributed by atoms with Crippen molar-refractivity contribution in [2.24, 2.45) is 0 Å². The van der Waals surface area contributed by atoms with Gasteiger partial charge in [0.05, 0.1) is 18.8 Å². The van der Waals surface area contributed by atoms with Crippen LogP contribution >= 0.6 is 0 Å². The van der Waals surface area contributed by atoms with Gasteiger partial charge in [-0.05, 0) is 30.5 Å². The number of rotatable bonds is 4. The fraction of sp³-hybridized carbons (Fsp3) is 0.357. The van der Waals surface area contributed by atoms with Gasteiger partial charge in [0.25, 0.3) is 0 Å². The first-order chi connectivity index (χ1) is 7.85. The monoisotopic (exact) mass is 213 g/mol. The lowest BCUT2D eigenvalue weighted by Crippen LogP contribution is -1.85. The lowest BCUT2D eigenvalue weighted by molar-refractivity contribution is 0.612. The quantitative estimate of drug-likeness (QED) is 0.773. The molecule has 0 bridgehead atoms. The van der Waals surface area contributed by atoms with Crippen molar-refractivity contribution in [3.05, 3.63) is 35.6 Å². The molecule has 1 aromatic heterocycles. The van der Waals surface area contributed by atoms with Gasteiger partial charge in [-0.1, -0.05) is 19.4 Å². The molecule has 0 saturated carbocycles. The maximum atomic E-state index is 8.72. The second-order valence-electron chi connectivity index (χ2n) is 4.03. The van der Waals surface area contributed by atoms with Gasteiger partial charge in [0, 0.05) is 10.9 Å². The standard InChI is InChI=1S/C14H15NO/c1-2-3-4-11-5-6-14-13(9-11)12(7-8-15)10-16-14/h5-6,9-10H,2-4,7H2,1H3. The number of benzene rings is 1. The first-order valence-electron chi connectivity index (χ1n) is 5.71. The molecule has 0 aliphatic rings. The molecule has 0 aliphatic carbocycles. The molecule has 1 heterocycles. The Morgan fingerprint density at radius 1 is 1.38 bits per heavy atom. The van der Waals surface area contributed by atoms with Gasteiger partial charge in [-0.25, -0.2) is 0 Å². The van der Waals surface area contributed by atoms with Crippen molar-refractivity contribution in [1.82, 2.24) is 0 Å². The fourth-order valence-electron chi connectivity index (χ4n) is 1.89. The number of hydrogen-bond acceptors (Lipinski definition) is 2. The third-order valence-electron chi connectivity index (χ3n) is 2.81. The molecule has 0 fully saturated rings. The minimum Gasteiger partial charge on any atom is -0.464 e. The van der Waals surface area contributed by atoms with Crippen LogP contribution in [0.25, 0.3) is 11.0 Å². The van der Waals surface area contributed by atoms with Gasteiger partial charge in [-0.15, -0.1) is 0 Å². The van der Waals surface area contributed by atoms with Crippen LogP contribution in [0.5, 0.6) is 0 Å². The SMILES string of the molecule is CCCCc1ccc2occ(CC#N)c2c1. The number of aryl methyl sites for hydroxylation is 1. The van der Waals surface area contributed by atoms with Crippen LogP contribution in [-0.4, -0.2) is 0 Å².